The zero-order valence-electron chi connectivity index (χ0n) is 11.8. The predicted molar refractivity (Wildman–Crippen MR) is 84.4 cm³/mol. The summed E-state index contributed by atoms with van der Waals surface area (Å²) >= 11 is 0. The molecule has 2 nitrogen and oxygen atoms in total. The van der Waals surface area contributed by atoms with Crippen LogP contribution in [0.1, 0.15) is 29.0 Å². The van der Waals surface area contributed by atoms with Crippen LogP contribution in [-0.4, -0.2) is 18.9 Å². The van der Waals surface area contributed by atoms with E-state index in [2.05, 4.69) is 71.8 Å². The van der Waals surface area contributed by atoms with Gasteiger partial charge < -0.3 is 5.32 Å². The molecule has 0 saturated carbocycles. The fourth-order valence-corrected chi connectivity index (χ4v) is 2.78. The Kier molecular flexibility index (Phi) is 3.82. The smallest absolute Gasteiger partial charge is 0.0974 e. The molecule has 0 amide bonds. The molecule has 20 heavy (non-hydrogen) atoms. The first kappa shape index (κ1) is 12.9. The summed E-state index contributed by atoms with van der Waals surface area (Å²) in [5, 5.41) is 3.39. The average molecular weight is 264 g/mol. The van der Waals surface area contributed by atoms with Crippen LogP contribution in [0.15, 0.2) is 59.6 Å². The average Bonchev–Trinajstić information content (AvgIpc) is 2.99. The lowest BCUT2D eigenvalue weighted by molar-refractivity contribution is 0.832. The lowest BCUT2D eigenvalue weighted by Crippen LogP contribution is -2.21. The summed E-state index contributed by atoms with van der Waals surface area (Å²) in [6.45, 7) is 4.03. The van der Waals surface area contributed by atoms with Crippen molar-refractivity contribution in [3.8, 4) is 0 Å². The van der Waals surface area contributed by atoms with Gasteiger partial charge in [0.1, 0.15) is 0 Å². The summed E-state index contributed by atoms with van der Waals surface area (Å²) in [6.07, 6.45) is 0.952. The molecule has 1 aliphatic rings. The van der Waals surface area contributed by atoms with Crippen molar-refractivity contribution in [1.29, 1.82) is 0 Å². The van der Waals surface area contributed by atoms with Gasteiger partial charge in [-0.15, -0.1) is 0 Å². The van der Waals surface area contributed by atoms with Gasteiger partial charge in [0, 0.05) is 18.9 Å². The molecule has 2 aromatic carbocycles. The highest BCUT2D eigenvalue weighted by molar-refractivity contribution is 5.84. The van der Waals surface area contributed by atoms with Gasteiger partial charge in [0.25, 0.3) is 0 Å². The van der Waals surface area contributed by atoms with Crippen molar-refractivity contribution >= 4 is 5.84 Å². The molecule has 1 N–H and O–H groups in total. The molecule has 2 aromatic rings. The Labute approximate surface area is 120 Å². The molecule has 0 spiro atoms. The minimum atomic E-state index is 0.375. The van der Waals surface area contributed by atoms with E-state index >= 15 is 0 Å². The van der Waals surface area contributed by atoms with Gasteiger partial charge >= 0.3 is 0 Å². The maximum Gasteiger partial charge on any atom is 0.0974 e. The molecule has 1 unspecified atom stereocenters. The van der Waals surface area contributed by atoms with E-state index in [1.165, 1.54) is 16.7 Å². The van der Waals surface area contributed by atoms with Crippen LogP contribution >= 0.6 is 0 Å². The normalized spacial score (nSPS) is 15.6. The third kappa shape index (κ3) is 2.90. The number of benzene rings is 2. The molecule has 0 fully saturated rings. The number of aryl methyl sites for hydroxylation is 1. The molecule has 102 valence electrons. The molecule has 0 aromatic heterocycles. The summed E-state index contributed by atoms with van der Waals surface area (Å²) in [4.78, 5) is 4.55. The highest BCUT2D eigenvalue weighted by atomic mass is 15.1. The molecule has 1 aliphatic heterocycles. The van der Waals surface area contributed by atoms with Gasteiger partial charge in [-0.25, -0.2) is 0 Å². The van der Waals surface area contributed by atoms with Gasteiger partial charge in [-0.2, -0.15) is 0 Å². The number of nitrogens with one attached hydrogen (secondary N) is 1. The summed E-state index contributed by atoms with van der Waals surface area (Å²) in [7, 11) is 0. The SMILES string of the molecule is Cc1cccc(C(CC2=NCCN2)c2ccccc2)c1. The number of nitrogens with zero attached hydrogens (tertiary/aromatic N) is 1. The van der Waals surface area contributed by atoms with Crippen LogP contribution in [0, 0.1) is 6.92 Å². The monoisotopic (exact) mass is 264 g/mol. The van der Waals surface area contributed by atoms with Gasteiger partial charge in [-0.3, -0.25) is 4.99 Å². The fourth-order valence-electron chi connectivity index (χ4n) is 2.78. The largest absolute Gasteiger partial charge is 0.372 e. The third-order valence-corrected chi connectivity index (χ3v) is 3.79. The second kappa shape index (κ2) is 5.91. The molecule has 0 radical (unpaired) electrons. The predicted octanol–water partition coefficient (Wildman–Crippen LogP) is 3.52. The number of aliphatic imine (C=N–C) groups is 1. The van der Waals surface area contributed by atoms with E-state index in [0.717, 1.165) is 25.3 Å². The molecule has 2 heteroatoms. The van der Waals surface area contributed by atoms with Crippen LogP contribution in [0.3, 0.4) is 0 Å². The molecule has 0 saturated heterocycles. The van der Waals surface area contributed by atoms with Crippen molar-refractivity contribution in [1.82, 2.24) is 5.32 Å². The fraction of sp³-hybridized carbons (Fsp3) is 0.278. The molecule has 0 aliphatic carbocycles. The topological polar surface area (TPSA) is 24.4 Å². The van der Waals surface area contributed by atoms with Crippen molar-refractivity contribution in [2.75, 3.05) is 13.1 Å². The molecule has 0 bridgehead atoms. The molecular formula is C18H20N2. The van der Waals surface area contributed by atoms with E-state index in [1.807, 2.05) is 0 Å². The highest BCUT2D eigenvalue weighted by Crippen LogP contribution is 2.29. The van der Waals surface area contributed by atoms with Crippen LogP contribution in [0.5, 0.6) is 0 Å². The van der Waals surface area contributed by atoms with Gasteiger partial charge in [0.15, 0.2) is 0 Å². The van der Waals surface area contributed by atoms with E-state index in [4.69, 9.17) is 0 Å². The van der Waals surface area contributed by atoms with Crippen LogP contribution in [0.4, 0.5) is 0 Å². The lowest BCUT2D eigenvalue weighted by atomic mass is 9.87. The lowest BCUT2D eigenvalue weighted by Gasteiger charge is -2.19. The third-order valence-electron chi connectivity index (χ3n) is 3.79. The first-order valence-corrected chi connectivity index (χ1v) is 7.21. The van der Waals surface area contributed by atoms with Crippen LogP contribution in [-0.2, 0) is 0 Å². The highest BCUT2D eigenvalue weighted by Gasteiger charge is 2.18. The second-order valence-electron chi connectivity index (χ2n) is 5.34. The van der Waals surface area contributed by atoms with E-state index in [-0.39, 0.29) is 0 Å². The number of hydrogen-bond acceptors (Lipinski definition) is 2. The summed E-state index contributed by atoms with van der Waals surface area (Å²) < 4.78 is 0. The van der Waals surface area contributed by atoms with E-state index in [0.29, 0.717) is 5.92 Å². The van der Waals surface area contributed by atoms with Crippen molar-refractivity contribution in [2.24, 2.45) is 4.99 Å². The summed E-state index contributed by atoms with van der Waals surface area (Å²) in [6, 6.07) is 19.5. The zero-order chi connectivity index (χ0) is 13.8. The maximum absolute atomic E-state index is 4.55. The molecular weight excluding hydrogens is 244 g/mol. The standard InChI is InChI=1S/C18H20N2/c1-14-6-5-9-16(12-14)17(13-18-19-10-11-20-18)15-7-3-2-4-8-15/h2-9,12,17H,10-11,13H2,1H3,(H,19,20). The second-order valence-corrected chi connectivity index (χ2v) is 5.34. The van der Waals surface area contributed by atoms with Crippen molar-refractivity contribution in [3.05, 3.63) is 71.3 Å². The van der Waals surface area contributed by atoms with E-state index < -0.39 is 0 Å². The van der Waals surface area contributed by atoms with Crippen LogP contribution in [0.25, 0.3) is 0 Å². The van der Waals surface area contributed by atoms with Gasteiger partial charge in [-0.1, -0.05) is 60.2 Å². The summed E-state index contributed by atoms with van der Waals surface area (Å²) in [5.74, 6) is 1.51. The minimum absolute atomic E-state index is 0.375. The maximum atomic E-state index is 4.55. The van der Waals surface area contributed by atoms with Crippen LogP contribution in [0.2, 0.25) is 0 Å². The van der Waals surface area contributed by atoms with Gasteiger partial charge in [-0.05, 0) is 18.1 Å². The minimum Gasteiger partial charge on any atom is -0.372 e. The first-order chi connectivity index (χ1) is 9.83. The van der Waals surface area contributed by atoms with E-state index in [1.54, 1.807) is 0 Å². The Morgan fingerprint density at radius 3 is 2.55 bits per heavy atom. The molecule has 3 rings (SSSR count). The number of hydrogen-bond donors (Lipinski definition) is 1. The Morgan fingerprint density at radius 1 is 1.05 bits per heavy atom. The Morgan fingerprint density at radius 2 is 1.85 bits per heavy atom. The van der Waals surface area contributed by atoms with Crippen LogP contribution < -0.4 is 5.32 Å². The number of amidine groups is 1. The Bertz CT molecular complexity index is 602. The van der Waals surface area contributed by atoms with E-state index in [9.17, 15) is 0 Å². The number of rotatable bonds is 4. The van der Waals surface area contributed by atoms with Crippen molar-refractivity contribution in [2.45, 2.75) is 19.3 Å². The quantitative estimate of drug-likeness (QED) is 0.897. The van der Waals surface area contributed by atoms with Crippen molar-refractivity contribution in [3.63, 3.8) is 0 Å². The van der Waals surface area contributed by atoms with Gasteiger partial charge in [0.2, 0.25) is 0 Å². The van der Waals surface area contributed by atoms with Gasteiger partial charge in [0.05, 0.1) is 12.4 Å². The molecule has 1 atom stereocenters. The van der Waals surface area contributed by atoms with Crippen molar-refractivity contribution < 1.29 is 0 Å². The Balaban J connectivity index is 1.94. The Hall–Kier alpha value is -2.09. The zero-order valence-corrected chi connectivity index (χ0v) is 11.8. The first-order valence-electron chi connectivity index (χ1n) is 7.21. The molecule has 1 heterocycles. The summed E-state index contributed by atoms with van der Waals surface area (Å²) in [5.41, 5.74) is 4.03.